The van der Waals surface area contributed by atoms with Crippen molar-refractivity contribution in [3.8, 4) is 0 Å². The molecule has 0 aliphatic carbocycles. The highest BCUT2D eigenvalue weighted by Gasteiger charge is 2.33. The number of aromatic nitrogens is 2. The van der Waals surface area contributed by atoms with Crippen molar-refractivity contribution in [3.63, 3.8) is 0 Å². The Morgan fingerprint density at radius 2 is 2.09 bits per heavy atom. The lowest BCUT2D eigenvalue weighted by atomic mass is 10.1. The number of hydrogen-bond acceptors (Lipinski definition) is 5. The van der Waals surface area contributed by atoms with E-state index in [4.69, 9.17) is 4.74 Å². The predicted octanol–water partition coefficient (Wildman–Crippen LogP) is 0.976. The summed E-state index contributed by atoms with van der Waals surface area (Å²) in [6, 6.07) is 1.56. The van der Waals surface area contributed by atoms with Crippen LogP contribution in [-0.2, 0) is 16.6 Å². The predicted molar refractivity (Wildman–Crippen MR) is 84.0 cm³/mol. The molecule has 0 saturated carbocycles. The number of amides is 2. The Morgan fingerprint density at radius 3 is 2.70 bits per heavy atom. The van der Waals surface area contributed by atoms with Crippen molar-refractivity contribution in [2.24, 2.45) is 13.0 Å². The van der Waals surface area contributed by atoms with Gasteiger partial charge in [-0.25, -0.2) is 9.59 Å². The van der Waals surface area contributed by atoms with Crippen molar-refractivity contribution in [1.29, 1.82) is 0 Å². The lowest BCUT2D eigenvalue weighted by Crippen LogP contribution is -2.36. The number of nitrogens with one attached hydrogen (secondary N) is 1. The van der Waals surface area contributed by atoms with Crippen LogP contribution in [0, 0.1) is 5.92 Å². The van der Waals surface area contributed by atoms with Crippen molar-refractivity contribution in [1.82, 2.24) is 14.5 Å². The molecule has 1 aliphatic heterocycles. The second-order valence-electron chi connectivity index (χ2n) is 6.61. The van der Waals surface area contributed by atoms with Gasteiger partial charge in [0.15, 0.2) is 0 Å². The molecule has 0 radical (unpaired) electrons. The largest absolute Gasteiger partial charge is 0.444 e. The van der Waals surface area contributed by atoms with E-state index in [-0.39, 0.29) is 17.6 Å². The van der Waals surface area contributed by atoms with Crippen LogP contribution in [0.2, 0.25) is 0 Å². The first-order valence-corrected chi connectivity index (χ1v) is 7.48. The minimum absolute atomic E-state index is 0.216. The quantitative estimate of drug-likeness (QED) is 0.876. The topological polar surface area (TPSA) is 93.5 Å². The maximum absolute atomic E-state index is 12.2. The van der Waals surface area contributed by atoms with Gasteiger partial charge in [0.05, 0.1) is 5.92 Å². The van der Waals surface area contributed by atoms with E-state index in [9.17, 15) is 14.4 Å². The first kappa shape index (κ1) is 17.0. The summed E-state index contributed by atoms with van der Waals surface area (Å²) < 4.78 is 6.61. The first-order valence-electron chi connectivity index (χ1n) is 7.48. The van der Waals surface area contributed by atoms with Crippen molar-refractivity contribution < 1.29 is 14.3 Å². The Hall–Kier alpha value is -2.38. The molecule has 8 heteroatoms. The average Bonchev–Trinajstić information content (AvgIpc) is 2.91. The van der Waals surface area contributed by atoms with E-state index in [1.54, 1.807) is 33.9 Å². The lowest BCUT2D eigenvalue weighted by molar-refractivity contribution is -0.119. The minimum Gasteiger partial charge on any atom is -0.444 e. The number of rotatable bonds is 2. The van der Waals surface area contributed by atoms with Gasteiger partial charge in [0.25, 0.3) is 0 Å². The number of carbonyl (C=O) groups excluding carboxylic acids is 2. The number of carbonyl (C=O) groups is 2. The molecule has 1 fully saturated rings. The van der Waals surface area contributed by atoms with Crippen LogP contribution in [0.5, 0.6) is 0 Å². The fourth-order valence-electron chi connectivity index (χ4n) is 2.23. The Labute approximate surface area is 134 Å². The van der Waals surface area contributed by atoms with Crippen molar-refractivity contribution in [3.05, 3.63) is 22.7 Å². The fourth-order valence-corrected chi connectivity index (χ4v) is 2.23. The summed E-state index contributed by atoms with van der Waals surface area (Å²) in [4.78, 5) is 40.9. The average molecular weight is 322 g/mol. The van der Waals surface area contributed by atoms with Crippen molar-refractivity contribution in [2.75, 3.05) is 18.4 Å². The number of aryl methyl sites for hydroxylation is 1. The van der Waals surface area contributed by atoms with Gasteiger partial charge in [-0.3, -0.25) is 4.79 Å². The molecule has 1 N–H and O–H groups in total. The number of hydrogen-bond donors (Lipinski definition) is 1. The van der Waals surface area contributed by atoms with E-state index >= 15 is 0 Å². The molecule has 1 aliphatic rings. The molecular weight excluding hydrogens is 300 g/mol. The summed E-state index contributed by atoms with van der Waals surface area (Å²) in [6.45, 7) is 6.16. The van der Waals surface area contributed by atoms with Crippen LogP contribution in [0.3, 0.4) is 0 Å². The van der Waals surface area contributed by atoms with Crippen LogP contribution in [0.1, 0.15) is 27.2 Å². The molecule has 8 nitrogen and oxygen atoms in total. The summed E-state index contributed by atoms with van der Waals surface area (Å²) in [5.74, 6) is -0.376. The molecule has 0 aromatic carbocycles. The van der Waals surface area contributed by atoms with Gasteiger partial charge in [0, 0.05) is 26.3 Å². The van der Waals surface area contributed by atoms with Crippen LogP contribution in [-0.4, -0.2) is 45.1 Å². The first-order chi connectivity index (χ1) is 10.7. The molecule has 1 aromatic heterocycles. The van der Waals surface area contributed by atoms with Gasteiger partial charge in [-0.2, -0.15) is 4.98 Å². The lowest BCUT2D eigenvalue weighted by Gasteiger charge is -2.24. The Morgan fingerprint density at radius 1 is 1.39 bits per heavy atom. The molecule has 1 aromatic rings. The number of anilines is 1. The third kappa shape index (κ3) is 4.54. The molecule has 2 amide bonds. The third-order valence-corrected chi connectivity index (χ3v) is 3.44. The molecular formula is C15H22N4O4. The normalized spacial score (nSPS) is 17.9. The third-order valence-electron chi connectivity index (χ3n) is 3.44. The minimum atomic E-state index is -0.564. The summed E-state index contributed by atoms with van der Waals surface area (Å²) in [6.07, 6.45) is 1.67. The van der Waals surface area contributed by atoms with Crippen LogP contribution in [0.25, 0.3) is 0 Å². The summed E-state index contributed by atoms with van der Waals surface area (Å²) >= 11 is 0. The van der Waals surface area contributed by atoms with Gasteiger partial charge in [-0.1, -0.05) is 0 Å². The van der Waals surface area contributed by atoms with Gasteiger partial charge >= 0.3 is 11.8 Å². The fraction of sp³-hybridized carbons (Fsp3) is 0.600. The molecule has 0 spiro atoms. The number of likely N-dealkylation sites (tertiary alicyclic amines) is 1. The van der Waals surface area contributed by atoms with Crippen LogP contribution >= 0.6 is 0 Å². The van der Waals surface area contributed by atoms with E-state index in [2.05, 4.69) is 10.3 Å². The highest BCUT2D eigenvalue weighted by atomic mass is 16.6. The van der Waals surface area contributed by atoms with Gasteiger partial charge in [-0.05, 0) is 33.3 Å². The van der Waals surface area contributed by atoms with Crippen molar-refractivity contribution >= 4 is 17.8 Å². The van der Waals surface area contributed by atoms with Crippen LogP contribution in [0.4, 0.5) is 10.6 Å². The van der Waals surface area contributed by atoms with Gasteiger partial charge in [-0.15, -0.1) is 0 Å². The molecule has 0 bridgehead atoms. The molecule has 2 rings (SSSR count). The molecule has 23 heavy (non-hydrogen) atoms. The standard InChI is InChI=1S/C15H22N4O4/c1-15(2,3)23-14(22)19-8-5-10(9-19)12(20)16-11-6-7-18(4)13(21)17-11/h6-7,10H,5,8-9H2,1-4H3,(H,16,17,20,21). The maximum Gasteiger partial charge on any atom is 0.410 e. The highest BCUT2D eigenvalue weighted by Crippen LogP contribution is 2.20. The SMILES string of the molecule is Cn1ccc(NC(=O)C2CCN(C(=O)OC(C)(C)C)C2)nc1=O. The highest BCUT2D eigenvalue weighted by molar-refractivity contribution is 5.92. The van der Waals surface area contributed by atoms with Gasteiger partial charge < -0.3 is 19.5 Å². The van der Waals surface area contributed by atoms with E-state index < -0.39 is 17.4 Å². The Bertz CT molecular complexity index is 662. The van der Waals surface area contributed by atoms with E-state index in [0.717, 1.165) is 0 Å². The molecule has 1 atom stereocenters. The smallest absolute Gasteiger partial charge is 0.410 e. The number of ether oxygens (including phenoxy) is 1. The second kappa shape index (κ2) is 6.39. The summed E-state index contributed by atoms with van der Waals surface area (Å²) in [5.41, 5.74) is -1.00. The zero-order valence-electron chi connectivity index (χ0n) is 13.8. The van der Waals surface area contributed by atoms with E-state index in [1.807, 2.05) is 0 Å². The van der Waals surface area contributed by atoms with Crippen LogP contribution in [0.15, 0.2) is 17.1 Å². The van der Waals surface area contributed by atoms with Crippen molar-refractivity contribution in [2.45, 2.75) is 32.8 Å². The van der Waals surface area contributed by atoms with Gasteiger partial charge in [0.1, 0.15) is 11.4 Å². The number of nitrogens with zero attached hydrogens (tertiary/aromatic N) is 3. The van der Waals surface area contributed by atoms with E-state index in [0.29, 0.717) is 19.5 Å². The molecule has 126 valence electrons. The zero-order chi connectivity index (χ0) is 17.2. The maximum atomic E-state index is 12.2. The van der Waals surface area contributed by atoms with Crippen LogP contribution < -0.4 is 11.0 Å². The Kier molecular flexibility index (Phi) is 4.72. The molecule has 1 unspecified atom stereocenters. The monoisotopic (exact) mass is 322 g/mol. The van der Waals surface area contributed by atoms with Gasteiger partial charge in [0.2, 0.25) is 5.91 Å². The summed E-state index contributed by atoms with van der Waals surface area (Å²) in [7, 11) is 1.58. The van der Waals surface area contributed by atoms with E-state index in [1.165, 1.54) is 15.7 Å². The molecule has 1 saturated heterocycles. The second-order valence-corrected chi connectivity index (χ2v) is 6.61. The summed E-state index contributed by atoms with van der Waals surface area (Å²) in [5, 5.41) is 2.62. The molecule has 2 heterocycles. The zero-order valence-corrected chi connectivity index (χ0v) is 13.8. The Balaban J connectivity index is 1.93.